The van der Waals surface area contributed by atoms with Crippen LogP contribution in [0.1, 0.15) is 39.5 Å². The molecule has 0 radical (unpaired) electrons. The lowest BCUT2D eigenvalue weighted by Gasteiger charge is -2.35. The van der Waals surface area contributed by atoms with Crippen LogP contribution in [0.25, 0.3) is 0 Å². The Labute approximate surface area is 116 Å². The largest absolute Gasteiger partial charge is 0.360 e. The van der Waals surface area contributed by atoms with Crippen molar-refractivity contribution >= 4 is 16.9 Å². The van der Waals surface area contributed by atoms with E-state index >= 15 is 0 Å². The van der Waals surface area contributed by atoms with E-state index in [4.69, 9.17) is 4.99 Å². The zero-order valence-electron chi connectivity index (χ0n) is 12.0. The van der Waals surface area contributed by atoms with E-state index in [0.717, 1.165) is 12.5 Å². The Hall–Kier alpha value is -0.220. The summed E-state index contributed by atoms with van der Waals surface area (Å²) in [4.78, 5) is 7.25. The van der Waals surface area contributed by atoms with Crippen LogP contribution < -0.4 is 5.32 Å². The first kappa shape index (κ1) is 14.2. The number of piperidine rings is 1. The van der Waals surface area contributed by atoms with Gasteiger partial charge in [-0.3, -0.25) is 4.99 Å². The molecule has 1 atom stereocenters. The number of amidine groups is 1. The predicted molar refractivity (Wildman–Crippen MR) is 81.4 cm³/mol. The third-order valence-electron chi connectivity index (χ3n) is 4.41. The first-order valence-electron chi connectivity index (χ1n) is 7.25. The third-order valence-corrected chi connectivity index (χ3v) is 5.33. The number of likely N-dealkylation sites (tertiary alicyclic amines) is 1. The highest BCUT2D eigenvalue weighted by Gasteiger charge is 2.27. The third kappa shape index (κ3) is 3.89. The number of nitrogens with one attached hydrogen (secondary N) is 1. The molecule has 0 bridgehead atoms. The molecule has 1 unspecified atom stereocenters. The molecule has 0 aromatic carbocycles. The molecule has 0 aliphatic carbocycles. The van der Waals surface area contributed by atoms with E-state index in [1.165, 1.54) is 49.7 Å². The van der Waals surface area contributed by atoms with E-state index in [2.05, 4.69) is 31.1 Å². The summed E-state index contributed by atoms with van der Waals surface area (Å²) in [7, 11) is 2.22. The van der Waals surface area contributed by atoms with Crippen molar-refractivity contribution in [2.45, 2.75) is 45.1 Å². The molecule has 0 amide bonds. The van der Waals surface area contributed by atoms with Crippen LogP contribution in [0.15, 0.2) is 4.99 Å². The summed E-state index contributed by atoms with van der Waals surface area (Å²) < 4.78 is 0. The standard InChI is InChI=1S/C14H27N3S/c1-4-14(2)7-10-18-13(16-14)15-11-12-5-8-17(3)9-6-12/h12H,4-11H2,1-3H3,(H,15,16). The summed E-state index contributed by atoms with van der Waals surface area (Å²) >= 11 is 1.90. The van der Waals surface area contributed by atoms with Gasteiger partial charge in [0, 0.05) is 17.8 Å². The molecule has 104 valence electrons. The molecule has 0 aromatic rings. The number of thioether (sulfide) groups is 1. The molecule has 0 saturated carbocycles. The molecular formula is C14H27N3S. The highest BCUT2D eigenvalue weighted by molar-refractivity contribution is 8.13. The lowest BCUT2D eigenvalue weighted by Crippen LogP contribution is -2.48. The Kier molecular flexibility index (Phi) is 4.96. The van der Waals surface area contributed by atoms with Gasteiger partial charge in [0.1, 0.15) is 0 Å². The summed E-state index contributed by atoms with van der Waals surface area (Å²) in [5, 5.41) is 4.82. The van der Waals surface area contributed by atoms with Gasteiger partial charge >= 0.3 is 0 Å². The van der Waals surface area contributed by atoms with Crippen LogP contribution in [0.5, 0.6) is 0 Å². The average Bonchev–Trinajstić information content (AvgIpc) is 2.38. The second kappa shape index (κ2) is 6.29. The normalized spacial score (nSPS) is 33.6. The molecular weight excluding hydrogens is 242 g/mol. The Morgan fingerprint density at radius 3 is 2.83 bits per heavy atom. The van der Waals surface area contributed by atoms with E-state index in [1.807, 2.05) is 11.8 Å². The Balaban J connectivity index is 1.82. The summed E-state index contributed by atoms with van der Waals surface area (Å²) in [6.45, 7) is 8.07. The van der Waals surface area contributed by atoms with Crippen LogP contribution in [0.3, 0.4) is 0 Å². The zero-order valence-corrected chi connectivity index (χ0v) is 12.9. The van der Waals surface area contributed by atoms with Crippen LogP contribution in [0.2, 0.25) is 0 Å². The van der Waals surface area contributed by atoms with Crippen molar-refractivity contribution in [3.05, 3.63) is 0 Å². The zero-order chi connectivity index (χ0) is 13.0. The fourth-order valence-corrected chi connectivity index (χ4v) is 3.77. The fourth-order valence-electron chi connectivity index (χ4n) is 2.54. The molecule has 2 rings (SSSR count). The molecule has 2 heterocycles. The van der Waals surface area contributed by atoms with Gasteiger partial charge in [-0.15, -0.1) is 0 Å². The number of hydrogen-bond donors (Lipinski definition) is 1. The molecule has 2 aliphatic heterocycles. The van der Waals surface area contributed by atoms with Crippen molar-refractivity contribution < 1.29 is 0 Å². The van der Waals surface area contributed by atoms with E-state index < -0.39 is 0 Å². The highest BCUT2D eigenvalue weighted by Crippen LogP contribution is 2.25. The summed E-state index contributed by atoms with van der Waals surface area (Å²) in [6.07, 6.45) is 5.05. The average molecular weight is 269 g/mol. The highest BCUT2D eigenvalue weighted by atomic mass is 32.2. The maximum Gasteiger partial charge on any atom is 0.156 e. The molecule has 0 spiro atoms. The molecule has 2 saturated heterocycles. The van der Waals surface area contributed by atoms with Crippen molar-refractivity contribution in [1.82, 2.24) is 10.2 Å². The number of hydrogen-bond acceptors (Lipinski definition) is 3. The van der Waals surface area contributed by atoms with Crippen molar-refractivity contribution in [1.29, 1.82) is 0 Å². The lowest BCUT2D eigenvalue weighted by molar-refractivity contribution is 0.223. The van der Waals surface area contributed by atoms with Gasteiger partial charge in [-0.1, -0.05) is 18.7 Å². The molecule has 1 N–H and O–H groups in total. The van der Waals surface area contributed by atoms with Crippen molar-refractivity contribution in [2.24, 2.45) is 10.9 Å². The monoisotopic (exact) mass is 269 g/mol. The minimum atomic E-state index is 0.275. The molecule has 18 heavy (non-hydrogen) atoms. The summed E-state index contributed by atoms with van der Waals surface area (Å²) in [6, 6.07) is 0. The lowest BCUT2D eigenvalue weighted by atomic mass is 9.96. The van der Waals surface area contributed by atoms with Crippen LogP contribution in [-0.2, 0) is 0 Å². The SMILES string of the molecule is CCC1(C)CCSC(=NCC2CCN(C)CC2)N1. The van der Waals surface area contributed by atoms with Gasteiger partial charge in [0.05, 0.1) is 0 Å². The Morgan fingerprint density at radius 1 is 1.44 bits per heavy atom. The van der Waals surface area contributed by atoms with Crippen molar-refractivity contribution in [2.75, 3.05) is 32.4 Å². The Bertz CT molecular complexity index is 297. The van der Waals surface area contributed by atoms with Gasteiger partial charge in [0.25, 0.3) is 0 Å². The summed E-state index contributed by atoms with van der Waals surface area (Å²) in [5.74, 6) is 2.01. The topological polar surface area (TPSA) is 27.6 Å². The quantitative estimate of drug-likeness (QED) is 0.853. The summed E-state index contributed by atoms with van der Waals surface area (Å²) in [5.41, 5.74) is 0.275. The van der Waals surface area contributed by atoms with Gasteiger partial charge in [-0.25, -0.2) is 0 Å². The minimum absolute atomic E-state index is 0.275. The van der Waals surface area contributed by atoms with Crippen LogP contribution in [0, 0.1) is 5.92 Å². The predicted octanol–water partition coefficient (Wildman–Crippen LogP) is 2.58. The van der Waals surface area contributed by atoms with Gasteiger partial charge in [0.15, 0.2) is 5.17 Å². The number of aliphatic imine (C=N–C) groups is 1. The van der Waals surface area contributed by atoms with E-state index in [-0.39, 0.29) is 5.54 Å². The van der Waals surface area contributed by atoms with Gasteiger partial charge in [-0.2, -0.15) is 0 Å². The maximum atomic E-state index is 4.83. The molecule has 0 aromatic heterocycles. The molecule has 2 aliphatic rings. The van der Waals surface area contributed by atoms with E-state index in [9.17, 15) is 0 Å². The van der Waals surface area contributed by atoms with Gasteiger partial charge < -0.3 is 10.2 Å². The smallest absolute Gasteiger partial charge is 0.156 e. The van der Waals surface area contributed by atoms with E-state index in [1.54, 1.807) is 0 Å². The molecule has 3 nitrogen and oxygen atoms in total. The van der Waals surface area contributed by atoms with E-state index in [0.29, 0.717) is 0 Å². The van der Waals surface area contributed by atoms with Crippen LogP contribution in [-0.4, -0.2) is 48.0 Å². The number of nitrogens with zero attached hydrogens (tertiary/aromatic N) is 2. The van der Waals surface area contributed by atoms with Crippen molar-refractivity contribution in [3.8, 4) is 0 Å². The Morgan fingerprint density at radius 2 is 2.17 bits per heavy atom. The first-order valence-corrected chi connectivity index (χ1v) is 8.24. The van der Waals surface area contributed by atoms with Gasteiger partial charge in [0.2, 0.25) is 0 Å². The molecule has 4 heteroatoms. The second-order valence-electron chi connectivity index (χ2n) is 6.03. The number of rotatable bonds is 3. The maximum absolute atomic E-state index is 4.83. The van der Waals surface area contributed by atoms with Gasteiger partial charge in [-0.05, 0) is 58.7 Å². The minimum Gasteiger partial charge on any atom is -0.360 e. The fraction of sp³-hybridized carbons (Fsp3) is 0.929. The van der Waals surface area contributed by atoms with Crippen molar-refractivity contribution in [3.63, 3.8) is 0 Å². The first-order chi connectivity index (χ1) is 8.61. The second-order valence-corrected chi connectivity index (χ2v) is 7.11. The van der Waals surface area contributed by atoms with Crippen LogP contribution >= 0.6 is 11.8 Å². The molecule has 2 fully saturated rings. The van der Waals surface area contributed by atoms with Crippen LogP contribution in [0.4, 0.5) is 0 Å².